The minimum Gasteiger partial charge on any atom is -0.378 e. The van der Waals surface area contributed by atoms with Gasteiger partial charge in [-0.2, -0.15) is 10.2 Å². The molecule has 7 aliphatic rings. The molecule has 12 rings (SSSR count). The van der Waals surface area contributed by atoms with Crippen molar-refractivity contribution < 1.29 is 33.4 Å². The summed E-state index contributed by atoms with van der Waals surface area (Å²) >= 11 is 0. The van der Waals surface area contributed by atoms with E-state index in [-0.39, 0.29) is 41.9 Å². The summed E-state index contributed by atoms with van der Waals surface area (Å²) in [5.74, 6) is 6.72. The van der Waals surface area contributed by atoms with Crippen LogP contribution in [0.2, 0.25) is 0 Å². The molecule has 2 N–H and O–H groups in total. The van der Waals surface area contributed by atoms with Crippen LogP contribution in [-0.2, 0) is 37.4 Å². The average molecular weight is 950 g/mol. The fourth-order valence-corrected chi connectivity index (χ4v) is 12.1. The molecule has 18 heteroatoms. The number of ether oxygens (including phenoxy) is 3. The Labute approximate surface area is 405 Å². The monoisotopic (exact) mass is 949 g/mol. The summed E-state index contributed by atoms with van der Waals surface area (Å²) in [7, 11) is 1.86. The van der Waals surface area contributed by atoms with Gasteiger partial charge in [0.2, 0.25) is 11.8 Å². The van der Waals surface area contributed by atoms with Gasteiger partial charge in [0.15, 0.2) is 5.65 Å². The summed E-state index contributed by atoms with van der Waals surface area (Å²) < 4.78 is 21.2. The van der Waals surface area contributed by atoms with Crippen molar-refractivity contribution in [2.75, 3.05) is 80.8 Å². The molecule has 6 fully saturated rings. The smallest absolute Gasteiger partial charge is 0.261 e. The number of likely N-dealkylation sites (tertiary alicyclic amines) is 1. The molecule has 0 radical (unpaired) electrons. The second-order valence-corrected chi connectivity index (χ2v) is 20.1. The number of piperidine rings is 2. The van der Waals surface area contributed by atoms with Crippen LogP contribution in [0.3, 0.4) is 0 Å². The number of anilines is 3. The third-order valence-corrected chi connectivity index (χ3v) is 15.8. The van der Waals surface area contributed by atoms with Gasteiger partial charge >= 0.3 is 0 Å². The fraction of sp³-hybridized carbons (Fsp3) is 0.519. The number of para-hydroxylation sites is 1. The van der Waals surface area contributed by atoms with Crippen LogP contribution in [0.15, 0.2) is 48.8 Å². The Morgan fingerprint density at radius 1 is 0.971 bits per heavy atom. The van der Waals surface area contributed by atoms with E-state index >= 15 is 0 Å². The molecule has 9 heterocycles. The molecular formula is C52H59N11O7. The largest absolute Gasteiger partial charge is 0.378 e. The molecule has 4 amide bonds. The van der Waals surface area contributed by atoms with E-state index in [4.69, 9.17) is 19.2 Å². The maximum atomic E-state index is 14.2. The van der Waals surface area contributed by atoms with Gasteiger partial charge in [-0.1, -0.05) is 24.0 Å². The number of rotatable bonds is 10. The number of carbonyl (C=O) groups is 4. The molecule has 1 unspecified atom stereocenters. The second kappa shape index (κ2) is 18.7. The quantitative estimate of drug-likeness (QED) is 0.150. The second-order valence-electron chi connectivity index (χ2n) is 20.1. The number of amides is 4. The number of aromatic nitrogens is 5. The normalized spacial score (nSPS) is 25.2. The average Bonchev–Trinajstić information content (AvgIpc) is 4.23. The highest BCUT2D eigenvalue weighted by Gasteiger charge is 2.41. The van der Waals surface area contributed by atoms with Crippen LogP contribution in [0.25, 0.3) is 16.6 Å². The molecule has 5 aromatic rings. The summed E-state index contributed by atoms with van der Waals surface area (Å²) in [4.78, 5) is 66.8. The number of benzene rings is 2. The first-order chi connectivity index (χ1) is 34.2. The highest BCUT2D eigenvalue weighted by Crippen LogP contribution is 2.40. The molecule has 18 nitrogen and oxygen atoms in total. The fourth-order valence-electron chi connectivity index (χ4n) is 12.1. The number of nitrogens with zero attached hydrogens (tertiary/aromatic N) is 9. The Morgan fingerprint density at radius 3 is 2.60 bits per heavy atom. The third-order valence-electron chi connectivity index (χ3n) is 15.8. The molecule has 1 aliphatic carbocycles. The van der Waals surface area contributed by atoms with E-state index in [1.807, 2.05) is 49.6 Å². The molecular weight excluding hydrogens is 891 g/mol. The molecule has 3 aromatic heterocycles. The van der Waals surface area contributed by atoms with E-state index < -0.39 is 5.92 Å². The summed E-state index contributed by atoms with van der Waals surface area (Å²) in [6, 6.07) is 12.3. The minimum absolute atomic E-state index is 0.0749. The lowest BCUT2D eigenvalue weighted by Crippen LogP contribution is -2.42. The molecule has 1 saturated carbocycles. The van der Waals surface area contributed by atoms with Crippen LogP contribution in [0.4, 0.5) is 17.2 Å². The number of morpholine rings is 2. The van der Waals surface area contributed by atoms with Crippen LogP contribution in [-0.4, -0.2) is 148 Å². The van der Waals surface area contributed by atoms with Crippen molar-refractivity contribution in [1.82, 2.24) is 39.5 Å². The predicted molar refractivity (Wildman–Crippen MR) is 260 cm³/mol. The van der Waals surface area contributed by atoms with Gasteiger partial charge in [0.1, 0.15) is 18.0 Å². The Balaban J connectivity index is 0.640. The van der Waals surface area contributed by atoms with Crippen molar-refractivity contribution in [3.63, 3.8) is 0 Å². The third kappa shape index (κ3) is 8.56. The maximum absolute atomic E-state index is 14.2. The van der Waals surface area contributed by atoms with Crippen LogP contribution >= 0.6 is 0 Å². The molecule has 2 aromatic carbocycles. The number of fused-ring (bicyclic) bond motifs is 5. The van der Waals surface area contributed by atoms with Crippen LogP contribution < -0.4 is 20.4 Å². The van der Waals surface area contributed by atoms with Gasteiger partial charge in [0.05, 0.1) is 78.3 Å². The van der Waals surface area contributed by atoms with E-state index in [2.05, 4.69) is 52.3 Å². The summed E-state index contributed by atoms with van der Waals surface area (Å²) in [6.45, 7) is 7.87. The first-order valence-corrected chi connectivity index (χ1v) is 25.2. The number of aryl methyl sites for hydroxylation is 1. The molecule has 3 atom stereocenters. The topological polar surface area (TPSA) is 181 Å². The molecule has 2 bridgehead atoms. The zero-order valence-corrected chi connectivity index (χ0v) is 39.6. The zero-order valence-electron chi connectivity index (χ0n) is 39.6. The maximum Gasteiger partial charge on any atom is 0.261 e. The lowest BCUT2D eigenvalue weighted by Gasteiger charge is -2.38. The Bertz CT molecular complexity index is 2930. The van der Waals surface area contributed by atoms with Crippen LogP contribution in [0.1, 0.15) is 101 Å². The van der Waals surface area contributed by atoms with Crippen molar-refractivity contribution in [2.45, 2.75) is 94.5 Å². The molecule has 364 valence electrons. The highest BCUT2D eigenvalue weighted by molar-refractivity contribution is 6.10. The van der Waals surface area contributed by atoms with Crippen LogP contribution in [0.5, 0.6) is 0 Å². The summed E-state index contributed by atoms with van der Waals surface area (Å²) in [5, 5.41) is 15.7. The van der Waals surface area contributed by atoms with Gasteiger partial charge in [0, 0.05) is 82.5 Å². The lowest BCUT2D eigenvalue weighted by molar-refractivity contribution is -0.134. The van der Waals surface area contributed by atoms with Gasteiger partial charge in [0.25, 0.3) is 11.8 Å². The lowest BCUT2D eigenvalue weighted by atomic mass is 9.84. The molecule has 6 aliphatic heterocycles. The predicted octanol–water partition coefficient (Wildman–Crippen LogP) is 4.25. The molecule has 5 saturated heterocycles. The van der Waals surface area contributed by atoms with Gasteiger partial charge in [-0.25, -0.2) is 9.50 Å². The molecule has 0 spiro atoms. The standard InChI is InChI=1S/C52H59N11O7/c1-58-48-33(4-2-6-39(48)47(57-58)40-11-12-46(64)56-50(40)65)5-3-21-69-37-13-16-59(17-14-37)28-32-7-9-35(10-8-32)62-29-34-24-43(44(26-41(34)52(62)67)60-19-22-68-23-20-60)54-51(66)42-27-53-63-18-15-45(55-49(42)63)61-30-38-25-36(61)31-70-38/h2,4,6,15,18,24,26-27,32,35-38,40H,7-14,16-17,19-23,25,28-31H2,1H3,(H,54,66)(H,56,64,65)/t32-,35-,36-,38-,40?/m1/s1. The van der Waals surface area contributed by atoms with E-state index in [1.54, 1.807) is 15.4 Å². The van der Waals surface area contributed by atoms with Gasteiger partial charge in [-0.3, -0.25) is 29.2 Å². The molecule has 70 heavy (non-hydrogen) atoms. The van der Waals surface area contributed by atoms with Crippen molar-refractivity contribution in [2.24, 2.45) is 13.0 Å². The Hall–Kier alpha value is -6.39. The van der Waals surface area contributed by atoms with E-state index in [0.717, 1.165) is 110 Å². The van der Waals surface area contributed by atoms with Gasteiger partial charge in [-0.05, 0) is 87.1 Å². The Kier molecular flexibility index (Phi) is 12.0. The van der Waals surface area contributed by atoms with Crippen molar-refractivity contribution in [3.05, 3.63) is 76.7 Å². The van der Waals surface area contributed by atoms with Crippen molar-refractivity contribution >= 4 is 57.4 Å². The van der Waals surface area contributed by atoms with Crippen molar-refractivity contribution in [1.29, 1.82) is 0 Å². The Morgan fingerprint density at radius 2 is 1.81 bits per heavy atom. The van der Waals surface area contributed by atoms with E-state index in [0.29, 0.717) is 93.5 Å². The summed E-state index contributed by atoms with van der Waals surface area (Å²) in [6.07, 6.45) is 11.6. The number of hydrogen-bond acceptors (Lipinski definition) is 13. The van der Waals surface area contributed by atoms with E-state index in [9.17, 15) is 19.2 Å². The van der Waals surface area contributed by atoms with Gasteiger partial charge in [-0.15, -0.1) is 0 Å². The first kappa shape index (κ1) is 44.8. The zero-order chi connectivity index (χ0) is 47.5. The number of imide groups is 1. The van der Waals surface area contributed by atoms with Crippen LogP contribution in [0, 0.1) is 17.8 Å². The summed E-state index contributed by atoms with van der Waals surface area (Å²) in [5.41, 5.74) is 6.45. The van der Waals surface area contributed by atoms with Gasteiger partial charge < -0.3 is 39.1 Å². The number of carbonyl (C=O) groups excluding carboxylic acids is 4. The van der Waals surface area contributed by atoms with E-state index in [1.165, 1.54) is 0 Å². The first-order valence-electron chi connectivity index (χ1n) is 25.2. The minimum atomic E-state index is -0.459. The number of nitrogens with one attached hydrogen (secondary N) is 2. The highest BCUT2D eigenvalue weighted by atomic mass is 16.5. The SMILES string of the molecule is Cn1nc(C2CCC(=O)NC2=O)c2cccc(C#CCOC3CCN(C[C@H]4CC[C@H](N5Cc6cc(NC(=O)c7cnn8ccc(N9C[C@H]%10C[C@@H]9CO%10)nc78)c(N7CCOCC7)cc6C5=O)CC4)CC3)c21. The van der Waals surface area contributed by atoms with Crippen molar-refractivity contribution in [3.8, 4) is 11.8 Å². The number of hydrogen-bond donors (Lipinski definition) is 2.